The lowest BCUT2D eigenvalue weighted by Gasteiger charge is -2.13. The van der Waals surface area contributed by atoms with Crippen LogP contribution in [0.3, 0.4) is 0 Å². The topological polar surface area (TPSA) is 46.6 Å². The third kappa shape index (κ3) is 4.75. The normalized spacial score (nSPS) is 13.4. The van der Waals surface area contributed by atoms with Gasteiger partial charge in [0, 0.05) is 16.0 Å². The summed E-state index contributed by atoms with van der Waals surface area (Å²) in [6.07, 6.45) is 3.16. The third-order valence-corrected chi connectivity index (χ3v) is 7.26. The Morgan fingerprint density at radius 3 is 2.59 bits per heavy atom. The van der Waals surface area contributed by atoms with Crippen LogP contribution >= 0.6 is 11.8 Å². The molecule has 6 heteroatoms. The zero-order valence-electron chi connectivity index (χ0n) is 15.9. The minimum Gasteiger partial charge on any atom is -0.456 e. The van der Waals surface area contributed by atoms with Gasteiger partial charge in [-0.2, -0.15) is 0 Å². The number of nitrogens with zero attached hydrogens (tertiary/aromatic N) is 1. The molecule has 0 aromatic heterocycles. The number of hydrogen-bond acceptors (Lipinski definition) is 5. The van der Waals surface area contributed by atoms with E-state index in [4.69, 9.17) is 4.74 Å². The van der Waals surface area contributed by atoms with Gasteiger partial charge in [-0.15, -0.1) is 11.8 Å². The first kappa shape index (κ1) is 20.0. The molecule has 0 saturated heterocycles. The molecule has 0 amide bonds. The van der Waals surface area contributed by atoms with Gasteiger partial charge in [0.25, 0.3) is 0 Å². The lowest BCUT2D eigenvalue weighted by Crippen LogP contribution is -2.13. The number of ether oxygens (including phenoxy) is 1. The first-order valence-corrected chi connectivity index (χ1v) is 11.7. The second-order valence-corrected chi connectivity index (χ2v) is 10.1. The van der Waals surface area contributed by atoms with Crippen molar-refractivity contribution in [2.45, 2.75) is 18.2 Å². The summed E-state index contributed by atoms with van der Waals surface area (Å²) in [6.45, 7) is 2.69. The molecule has 0 atom stereocenters. The maximum Gasteiger partial charge on any atom is 0.178 e. The second-order valence-electron chi connectivity index (χ2n) is 6.72. The summed E-state index contributed by atoms with van der Waals surface area (Å²) in [5.74, 6) is 2.52. The Morgan fingerprint density at radius 1 is 1.07 bits per heavy atom. The van der Waals surface area contributed by atoms with Crippen LogP contribution in [0.25, 0.3) is 11.0 Å². The minimum atomic E-state index is -3.27. The molecule has 2 aromatic rings. The Bertz CT molecular complexity index is 950. The highest BCUT2D eigenvalue weighted by molar-refractivity contribution is 8.08. The van der Waals surface area contributed by atoms with Crippen LogP contribution < -0.4 is 4.74 Å². The fourth-order valence-electron chi connectivity index (χ4n) is 2.86. The van der Waals surface area contributed by atoms with Gasteiger partial charge in [-0.25, -0.2) is 8.42 Å². The van der Waals surface area contributed by atoms with Gasteiger partial charge in [-0.3, -0.25) is 0 Å². The third-order valence-electron chi connectivity index (χ3n) is 4.39. The van der Waals surface area contributed by atoms with Crippen LogP contribution in [0.15, 0.2) is 47.4 Å². The molecule has 1 aliphatic heterocycles. The van der Waals surface area contributed by atoms with E-state index in [-0.39, 0.29) is 5.75 Å². The molecule has 0 fully saturated rings. The quantitative estimate of drug-likeness (QED) is 0.623. The Balaban J connectivity index is 2.01. The lowest BCUT2D eigenvalue weighted by molar-refractivity contribution is 0.410. The van der Waals surface area contributed by atoms with Gasteiger partial charge in [0.05, 0.1) is 10.6 Å². The molecule has 0 aliphatic carbocycles. The number of rotatable bonds is 7. The molecular weight excluding hydrogens is 378 g/mol. The smallest absolute Gasteiger partial charge is 0.178 e. The van der Waals surface area contributed by atoms with Crippen LogP contribution in [0, 0.1) is 0 Å². The van der Waals surface area contributed by atoms with Gasteiger partial charge >= 0.3 is 0 Å². The molecule has 0 unspecified atom stereocenters. The predicted octanol–water partition coefficient (Wildman–Crippen LogP) is 4.77. The second kappa shape index (κ2) is 8.50. The highest BCUT2D eigenvalue weighted by Gasteiger charge is 2.20. The number of hydrogen-bond donors (Lipinski definition) is 0. The summed E-state index contributed by atoms with van der Waals surface area (Å²) < 4.78 is 30.8. The molecule has 0 saturated carbocycles. The number of benzene rings is 2. The van der Waals surface area contributed by atoms with Gasteiger partial charge in [0.15, 0.2) is 9.84 Å². The largest absolute Gasteiger partial charge is 0.456 e. The van der Waals surface area contributed by atoms with Crippen molar-refractivity contribution in [3.8, 4) is 11.5 Å². The van der Waals surface area contributed by atoms with E-state index in [9.17, 15) is 8.42 Å². The predicted molar refractivity (Wildman–Crippen MR) is 114 cm³/mol. The average molecular weight is 404 g/mol. The molecule has 2 aromatic carbocycles. The molecule has 3 rings (SSSR count). The molecule has 144 valence electrons. The molecule has 1 aliphatic rings. The Kier molecular flexibility index (Phi) is 6.29. The average Bonchev–Trinajstić information content (AvgIpc) is 2.81. The standard InChI is InChI=1S/C21H25NO3S2/c1-4-27(23,24)17-10-11-20-18(15-17)21(26-13-7-12-22(2)3)14-16-8-5-6-9-19(16)25-20/h5-6,8-11,14-15H,4,7,12-13H2,1-3H3. The van der Waals surface area contributed by atoms with Crippen molar-refractivity contribution >= 4 is 32.6 Å². The molecule has 1 heterocycles. The van der Waals surface area contributed by atoms with E-state index in [1.165, 1.54) is 0 Å². The Hall–Kier alpha value is -1.76. The van der Waals surface area contributed by atoms with Crippen molar-refractivity contribution in [1.82, 2.24) is 4.90 Å². The van der Waals surface area contributed by atoms with Crippen LogP contribution in [-0.4, -0.2) is 45.5 Å². The van der Waals surface area contributed by atoms with E-state index in [1.807, 2.05) is 24.3 Å². The van der Waals surface area contributed by atoms with Gasteiger partial charge < -0.3 is 9.64 Å². The van der Waals surface area contributed by atoms with Gasteiger partial charge in [0.1, 0.15) is 11.5 Å². The molecule has 0 radical (unpaired) electrons. The first-order valence-electron chi connectivity index (χ1n) is 9.04. The maximum absolute atomic E-state index is 12.4. The summed E-state index contributed by atoms with van der Waals surface area (Å²) in [5.41, 5.74) is 1.85. The highest BCUT2D eigenvalue weighted by Crippen LogP contribution is 2.43. The van der Waals surface area contributed by atoms with Crippen LogP contribution in [0.1, 0.15) is 24.5 Å². The molecular formula is C21H25NO3S2. The monoisotopic (exact) mass is 403 g/mol. The molecule has 0 bridgehead atoms. The summed E-state index contributed by atoms with van der Waals surface area (Å²) >= 11 is 1.75. The summed E-state index contributed by atoms with van der Waals surface area (Å²) in [6, 6.07) is 13.0. The van der Waals surface area contributed by atoms with Crippen molar-refractivity contribution in [1.29, 1.82) is 0 Å². The van der Waals surface area contributed by atoms with Gasteiger partial charge in [-0.1, -0.05) is 25.1 Å². The Labute approximate surface area is 166 Å². The minimum absolute atomic E-state index is 0.0852. The van der Waals surface area contributed by atoms with Crippen molar-refractivity contribution < 1.29 is 13.2 Å². The van der Waals surface area contributed by atoms with Crippen molar-refractivity contribution in [2.75, 3.05) is 32.1 Å². The number of fused-ring (bicyclic) bond motifs is 2. The summed E-state index contributed by atoms with van der Waals surface area (Å²) in [4.78, 5) is 3.56. The first-order chi connectivity index (χ1) is 12.9. The van der Waals surface area contributed by atoms with E-state index >= 15 is 0 Å². The summed E-state index contributed by atoms with van der Waals surface area (Å²) in [5, 5.41) is 0. The van der Waals surface area contributed by atoms with Crippen LogP contribution in [0.4, 0.5) is 0 Å². The number of thioether (sulfide) groups is 1. The van der Waals surface area contributed by atoms with Crippen LogP contribution in [0.2, 0.25) is 0 Å². The lowest BCUT2D eigenvalue weighted by atomic mass is 10.1. The summed E-state index contributed by atoms with van der Waals surface area (Å²) in [7, 11) is 0.863. The fraction of sp³-hybridized carbons (Fsp3) is 0.333. The van der Waals surface area contributed by atoms with E-state index < -0.39 is 9.84 Å². The van der Waals surface area contributed by atoms with E-state index in [0.717, 1.165) is 40.5 Å². The zero-order valence-corrected chi connectivity index (χ0v) is 17.6. The van der Waals surface area contributed by atoms with Crippen molar-refractivity contribution in [3.05, 3.63) is 53.6 Å². The molecule has 4 nitrogen and oxygen atoms in total. The Morgan fingerprint density at radius 2 is 1.85 bits per heavy atom. The van der Waals surface area contributed by atoms with E-state index in [1.54, 1.807) is 36.9 Å². The van der Waals surface area contributed by atoms with Crippen molar-refractivity contribution in [2.24, 2.45) is 0 Å². The van der Waals surface area contributed by atoms with Gasteiger partial charge in [0.2, 0.25) is 0 Å². The highest BCUT2D eigenvalue weighted by atomic mass is 32.2. The van der Waals surface area contributed by atoms with Crippen molar-refractivity contribution in [3.63, 3.8) is 0 Å². The number of para-hydroxylation sites is 1. The van der Waals surface area contributed by atoms with Crippen LogP contribution in [-0.2, 0) is 9.84 Å². The molecule has 27 heavy (non-hydrogen) atoms. The number of sulfone groups is 1. The molecule has 0 N–H and O–H groups in total. The molecule has 0 spiro atoms. The SMILES string of the molecule is CCS(=O)(=O)c1ccc2c(c1)C(SCCCN(C)C)=Cc1ccccc1O2. The fourth-order valence-corrected chi connectivity index (χ4v) is 4.79. The maximum atomic E-state index is 12.4. The van der Waals surface area contributed by atoms with Gasteiger partial charge in [-0.05, 0) is 63.2 Å². The zero-order chi connectivity index (χ0) is 19.4. The van der Waals surface area contributed by atoms with Crippen LogP contribution in [0.5, 0.6) is 11.5 Å². The van der Waals surface area contributed by atoms with E-state index in [0.29, 0.717) is 10.6 Å². The van der Waals surface area contributed by atoms with E-state index in [2.05, 4.69) is 25.1 Å².